The third-order valence-electron chi connectivity index (χ3n) is 5.51. The molecule has 162 valence electrons. The SMILES string of the molecule is COc1cccc(C(C)(O)CN2CC(C)(C)Cn3c2nc(-c2ccncn2)cc3=O)c1. The molecule has 1 aromatic carbocycles. The van der Waals surface area contributed by atoms with Crippen molar-refractivity contribution in [1.29, 1.82) is 0 Å². The standard InChI is InChI=1S/C23H27N5O3/c1-22(2)12-27(14-23(3,30)16-6-5-7-17(10-16)31-4)21-26-19(11-20(29)28(21)13-22)18-8-9-24-15-25-18/h5-11,15,30H,12-14H2,1-4H3. The summed E-state index contributed by atoms with van der Waals surface area (Å²) in [5.74, 6) is 1.21. The van der Waals surface area contributed by atoms with Crippen LogP contribution in [0.5, 0.6) is 5.75 Å². The molecule has 8 nitrogen and oxygen atoms in total. The van der Waals surface area contributed by atoms with E-state index in [0.717, 1.165) is 5.56 Å². The van der Waals surface area contributed by atoms with E-state index >= 15 is 0 Å². The first-order chi connectivity index (χ1) is 14.7. The minimum absolute atomic E-state index is 0.141. The zero-order valence-electron chi connectivity index (χ0n) is 18.2. The van der Waals surface area contributed by atoms with Gasteiger partial charge in [-0.2, -0.15) is 0 Å². The average Bonchev–Trinajstić information content (AvgIpc) is 2.74. The van der Waals surface area contributed by atoms with Crippen molar-refractivity contribution in [3.63, 3.8) is 0 Å². The van der Waals surface area contributed by atoms with E-state index in [4.69, 9.17) is 9.72 Å². The van der Waals surface area contributed by atoms with Gasteiger partial charge >= 0.3 is 0 Å². The molecule has 1 N–H and O–H groups in total. The van der Waals surface area contributed by atoms with E-state index in [-0.39, 0.29) is 17.5 Å². The van der Waals surface area contributed by atoms with Crippen LogP contribution >= 0.6 is 0 Å². The van der Waals surface area contributed by atoms with Gasteiger partial charge in [0.15, 0.2) is 0 Å². The van der Waals surface area contributed by atoms with Crippen molar-refractivity contribution in [3.8, 4) is 17.1 Å². The van der Waals surface area contributed by atoms with Crippen LogP contribution in [0, 0.1) is 5.41 Å². The summed E-state index contributed by atoms with van der Waals surface area (Å²) in [5.41, 5.74) is 0.312. The van der Waals surface area contributed by atoms with Gasteiger partial charge in [0.1, 0.15) is 17.7 Å². The summed E-state index contributed by atoms with van der Waals surface area (Å²) >= 11 is 0. The van der Waals surface area contributed by atoms with Gasteiger partial charge in [-0.25, -0.2) is 15.0 Å². The van der Waals surface area contributed by atoms with Crippen molar-refractivity contribution >= 4 is 5.95 Å². The zero-order valence-corrected chi connectivity index (χ0v) is 18.2. The number of anilines is 1. The Kier molecular flexibility index (Phi) is 5.26. The molecule has 4 rings (SSSR count). The van der Waals surface area contributed by atoms with Gasteiger partial charge in [-0.15, -0.1) is 0 Å². The molecule has 1 aliphatic rings. The van der Waals surface area contributed by atoms with Gasteiger partial charge in [0.2, 0.25) is 5.95 Å². The summed E-state index contributed by atoms with van der Waals surface area (Å²) in [6, 6.07) is 10.6. The van der Waals surface area contributed by atoms with Gasteiger partial charge in [-0.1, -0.05) is 26.0 Å². The molecule has 1 aliphatic heterocycles. The van der Waals surface area contributed by atoms with E-state index in [1.54, 1.807) is 30.9 Å². The Morgan fingerprint density at radius 3 is 2.71 bits per heavy atom. The highest BCUT2D eigenvalue weighted by molar-refractivity contribution is 5.55. The highest BCUT2D eigenvalue weighted by atomic mass is 16.5. The minimum atomic E-state index is -1.19. The summed E-state index contributed by atoms with van der Waals surface area (Å²) in [5, 5.41) is 11.4. The second-order valence-corrected chi connectivity index (χ2v) is 8.99. The maximum absolute atomic E-state index is 13.0. The fourth-order valence-corrected chi connectivity index (χ4v) is 4.07. The van der Waals surface area contributed by atoms with Crippen molar-refractivity contribution in [2.75, 3.05) is 25.1 Å². The molecular weight excluding hydrogens is 394 g/mol. The van der Waals surface area contributed by atoms with E-state index in [0.29, 0.717) is 36.2 Å². The van der Waals surface area contributed by atoms with Crippen molar-refractivity contribution in [1.82, 2.24) is 19.5 Å². The number of methoxy groups -OCH3 is 1. The predicted octanol–water partition coefficient (Wildman–Crippen LogP) is 2.46. The average molecular weight is 422 g/mol. The van der Waals surface area contributed by atoms with E-state index in [1.165, 1.54) is 12.4 Å². The molecule has 31 heavy (non-hydrogen) atoms. The predicted molar refractivity (Wildman–Crippen MR) is 118 cm³/mol. The van der Waals surface area contributed by atoms with Gasteiger partial charge in [0, 0.05) is 30.8 Å². The second kappa shape index (κ2) is 7.77. The van der Waals surface area contributed by atoms with Crippen LogP contribution in [0.15, 0.2) is 53.7 Å². The van der Waals surface area contributed by atoms with Gasteiger partial charge < -0.3 is 14.7 Å². The van der Waals surface area contributed by atoms with Crippen LogP contribution in [-0.4, -0.2) is 44.8 Å². The molecule has 0 saturated carbocycles. The van der Waals surface area contributed by atoms with Crippen LogP contribution in [0.25, 0.3) is 11.4 Å². The topological polar surface area (TPSA) is 93.4 Å². The Morgan fingerprint density at radius 2 is 2.00 bits per heavy atom. The molecule has 8 heteroatoms. The lowest BCUT2D eigenvalue weighted by Gasteiger charge is -2.43. The molecular formula is C23H27N5O3. The van der Waals surface area contributed by atoms with Crippen LogP contribution in [-0.2, 0) is 12.1 Å². The quantitative estimate of drug-likeness (QED) is 0.676. The van der Waals surface area contributed by atoms with Crippen LogP contribution < -0.4 is 15.2 Å². The van der Waals surface area contributed by atoms with E-state index < -0.39 is 5.60 Å². The molecule has 0 amide bonds. The van der Waals surface area contributed by atoms with Gasteiger partial charge in [-0.3, -0.25) is 9.36 Å². The Balaban J connectivity index is 1.76. The Morgan fingerprint density at radius 1 is 1.19 bits per heavy atom. The number of ether oxygens (including phenoxy) is 1. The number of fused-ring (bicyclic) bond motifs is 1. The normalized spacial score (nSPS) is 17.0. The highest BCUT2D eigenvalue weighted by Gasteiger charge is 2.36. The fraction of sp³-hybridized carbons (Fsp3) is 0.391. The number of aromatic nitrogens is 4. The lowest BCUT2D eigenvalue weighted by atomic mass is 9.89. The number of hydrogen-bond acceptors (Lipinski definition) is 7. The van der Waals surface area contributed by atoms with Gasteiger partial charge in [-0.05, 0) is 30.7 Å². The van der Waals surface area contributed by atoms with Crippen LogP contribution in [0.3, 0.4) is 0 Å². The summed E-state index contributed by atoms with van der Waals surface area (Å²) in [6.45, 7) is 7.44. The lowest BCUT2D eigenvalue weighted by Crippen LogP contribution is -2.51. The van der Waals surface area contributed by atoms with Crippen molar-refractivity contribution in [3.05, 3.63) is 64.8 Å². The Hall–Kier alpha value is -3.26. The number of nitrogens with zero attached hydrogens (tertiary/aromatic N) is 5. The minimum Gasteiger partial charge on any atom is -0.497 e. The number of β-amino-alcohol motifs (C(OH)–C–C–N with tert-alkyl or cyclic N) is 1. The molecule has 0 spiro atoms. The molecule has 0 aliphatic carbocycles. The third kappa shape index (κ3) is 4.29. The molecule has 3 aromatic rings. The molecule has 1 unspecified atom stereocenters. The summed E-state index contributed by atoms with van der Waals surface area (Å²) < 4.78 is 6.99. The molecule has 0 saturated heterocycles. The highest BCUT2D eigenvalue weighted by Crippen LogP contribution is 2.33. The molecule has 3 heterocycles. The van der Waals surface area contributed by atoms with Crippen molar-refractivity contribution in [2.45, 2.75) is 32.9 Å². The first-order valence-electron chi connectivity index (χ1n) is 10.2. The van der Waals surface area contributed by atoms with Crippen molar-refractivity contribution in [2.24, 2.45) is 5.41 Å². The van der Waals surface area contributed by atoms with E-state index in [1.807, 2.05) is 29.2 Å². The summed E-state index contributed by atoms with van der Waals surface area (Å²) in [6.07, 6.45) is 3.05. The molecule has 0 fully saturated rings. The smallest absolute Gasteiger partial charge is 0.255 e. The second-order valence-electron chi connectivity index (χ2n) is 8.99. The summed E-state index contributed by atoms with van der Waals surface area (Å²) in [4.78, 5) is 27.9. The van der Waals surface area contributed by atoms with E-state index in [2.05, 4.69) is 23.8 Å². The number of benzene rings is 1. The first-order valence-corrected chi connectivity index (χ1v) is 10.2. The van der Waals surface area contributed by atoms with Gasteiger partial charge in [0.05, 0.1) is 25.0 Å². The van der Waals surface area contributed by atoms with Crippen LogP contribution in [0.2, 0.25) is 0 Å². The van der Waals surface area contributed by atoms with E-state index in [9.17, 15) is 9.90 Å². The Labute approximate surface area is 181 Å². The number of aliphatic hydroxyl groups is 1. The zero-order chi connectivity index (χ0) is 22.2. The molecule has 1 atom stereocenters. The van der Waals surface area contributed by atoms with Gasteiger partial charge in [0.25, 0.3) is 5.56 Å². The molecule has 0 radical (unpaired) electrons. The lowest BCUT2D eigenvalue weighted by molar-refractivity contribution is 0.0597. The maximum Gasteiger partial charge on any atom is 0.255 e. The third-order valence-corrected chi connectivity index (χ3v) is 5.51. The first kappa shape index (κ1) is 21.0. The molecule has 0 bridgehead atoms. The largest absolute Gasteiger partial charge is 0.497 e. The van der Waals surface area contributed by atoms with Crippen LogP contribution in [0.4, 0.5) is 5.95 Å². The number of rotatable bonds is 5. The summed E-state index contributed by atoms with van der Waals surface area (Å²) in [7, 11) is 1.60. The monoisotopic (exact) mass is 421 g/mol. The van der Waals surface area contributed by atoms with Crippen LogP contribution in [0.1, 0.15) is 26.3 Å². The Bertz CT molecular complexity index is 1140. The number of hydrogen-bond donors (Lipinski definition) is 1. The maximum atomic E-state index is 13.0. The fourth-order valence-electron chi connectivity index (χ4n) is 4.07. The molecule has 2 aromatic heterocycles. The van der Waals surface area contributed by atoms with Crippen molar-refractivity contribution < 1.29 is 9.84 Å².